The Morgan fingerprint density at radius 2 is 2.15 bits per heavy atom. The van der Waals surface area contributed by atoms with Crippen LogP contribution in [0.4, 0.5) is 5.69 Å². The Morgan fingerprint density at radius 3 is 2.70 bits per heavy atom. The Labute approximate surface area is 157 Å². The average Bonchev–Trinajstić information content (AvgIpc) is 3.09. The number of hydrogen-bond donors (Lipinski definition) is 3. The van der Waals surface area contributed by atoms with Crippen molar-refractivity contribution in [3.63, 3.8) is 0 Å². The normalized spacial score (nSPS) is 24.1. The van der Waals surface area contributed by atoms with Crippen LogP contribution >= 0.6 is 0 Å². The lowest BCUT2D eigenvalue weighted by atomic mass is 9.76. The van der Waals surface area contributed by atoms with E-state index in [4.69, 9.17) is 10.5 Å². The Balaban J connectivity index is 2.08. The molecule has 0 unspecified atom stereocenters. The zero-order chi connectivity index (χ0) is 20.0. The number of rotatable bonds is 5. The van der Waals surface area contributed by atoms with Gasteiger partial charge in [-0.2, -0.15) is 5.10 Å². The lowest BCUT2D eigenvalue weighted by Gasteiger charge is -2.38. The average molecular weight is 374 g/mol. The maximum Gasteiger partial charge on any atom is 0.339 e. The highest BCUT2D eigenvalue weighted by atomic mass is 16.5. The van der Waals surface area contributed by atoms with Crippen molar-refractivity contribution >= 4 is 23.1 Å². The van der Waals surface area contributed by atoms with Crippen molar-refractivity contribution in [2.75, 3.05) is 11.9 Å². The molecule has 0 aliphatic heterocycles. The highest BCUT2D eigenvalue weighted by Gasteiger charge is 2.50. The minimum Gasteiger partial charge on any atom is -0.462 e. The zero-order valence-electron chi connectivity index (χ0n) is 16.1. The van der Waals surface area contributed by atoms with E-state index in [9.17, 15) is 14.7 Å². The zero-order valence-corrected chi connectivity index (χ0v) is 16.1. The molecule has 1 amide bonds. The van der Waals surface area contributed by atoms with E-state index in [2.05, 4.69) is 10.4 Å². The quantitative estimate of drug-likeness (QED) is 0.689. The third-order valence-corrected chi connectivity index (χ3v) is 5.91. The number of carbonyl (C=O) groups excluding carboxylic acids is 2. The molecule has 27 heavy (non-hydrogen) atoms. The number of amides is 1. The molecule has 2 atom stereocenters. The molecule has 1 fully saturated rings. The molecular formula is C19H26N4O4. The van der Waals surface area contributed by atoms with Crippen LogP contribution in [0.5, 0.6) is 0 Å². The number of nitrogens with one attached hydrogen (secondary N) is 1. The Hall–Kier alpha value is -2.61. The summed E-state index contributed by atoms with van der Waals surface area (Å²) in [5, 5.41) is 18.3. The maximum absolute atomic E-state index is 12.1. The predicted octanol–water partition coefficient (Wildman–Crippen LogP) is 1.96. The molecule has 0 radical (unpaired) electrons. The molecule has 0 saturated heterocycles. The van der Waals surface area contributed by atoms with Crippen LogP contribution in [0.25, 0.3) is 5.52 Å². The van der Waals surface area contributed by atoms with Gasteiger partial charge < -0.3 is 20.9 Å². The van der Waals surface area contributed by atoms with E-state index in [0.29, 0.717) is 23.2 Å². The molecule has 1 aliphatic carbocycles. The number of anilines is 1. The van der Waals surface area contributed by atoms with Crippen molar-refractivity contribution < 1.29 is 19.4 Å². The first kappa shape index (κ1) is 19.2. The molecule has 146 valence electrons. The van der Waals surface area contributed by atoms with Gasteiger partial charge in [0.1, 0.15) is 0 Å². The third-order valence-electron chi connectivity index (χ3n) is 5.91. The SMILES string of the molecule is CCOC(=O)c1cc2c(N[C@@H]3CC[C@](C)(O)C3(C)C)c(C(N)=O)cnn2c1. The largest absolute Gasteiger partial charge is 0.462 e. The molecule has 0 aromatic carbocycles. The van der Waals surface area contributed by atoms with E-state index in [0.717, 1.165) is 6.42 Å². The number of primary amides is 1. The number of carbonyl (C=O) groups is 2. The van der Waals surface area contributed by atoms with Gasteiger partial charge in [0.05, 0.1) is 40.7 Å². The van der Waals surface area contributed by atoms with Gasteiger partial charge in [-0.05, 0) is 32.8 Å². The van der Waals surface area contributed by atoms with Crippen molar-refractivity contribution in [2.45, 2.75) is 52.2 Å². The first-order valence-corrected chi connectivity index (χ1v) is 9.05. The van der Waals surface area contributed by atoms with Crippen LogP contribution in [0.1, 0.15) is 61.3 Å². The maximum atomic E-state index is 12.1. The molecule has 0 bridgehead atoms. The smallest absolute Gasteiger partial charge is 0.339 e. The second-order valence-electron chi connectivity index (χ2n) is 7.81. The van der Waals surface area contributed by atoms with Crippen LogP contribution in [0.3, 0.4) is 0 Å². The number of nitrogens with zero attached hydrogens (tertiary/aromatic N) is 2. The van der Waals surface area contributed by atoms with Crippen LogP contribution < -0.4 is 11.1 Å². The summed E-state index contributed by atoms with van der Waals surface area (Å²) in [5.41, 5.74) is 5.91. The van der Waals surface area contributed by atoms with E-state index in [-0.39, 0.29) is 18.2 Å². The van der Waals surface area contributed by atoms with Crippen molar-refractivity contribution in [1.82, 2.24) is 9.61 Å². The van der Waals surface area contributed by atoms with Crippen LogP contribution in [0.15, 0.2) is 18.5 Å². The molecule has 8 nitrogen and oxygen atoms in total. The van der Waals surface area contributed by atoms with Gasteiger partial charge >= 0.3 is 5.97 Å². The molecule has 1 saturated carbocycles. The fourth-order valence-electron chi connectivity index (χ4n) is 3.63. The molecule has 0 spiro atoms. The van der Waals surface area contributed by atoms with E-state index in [1.165, 1.54) is 10.7 Å². The second kappa shape index (κ2) is 6.53. The molecular weight excluding hydrogens is 348 g/mol. The van der Waals surface area contributed by atoms with Gasteiger partial charge in [-0.1, -0.05) is 13.8 Å². The van der Waals surface area contributed by atoms with E-state index in [1.54, 1.807) is 19.2 Å². The summed E-state index contributed by atoms with van der Waals surface area (Å²) in [5.74, 6) is -1.08. The first-order valence-electron chi connectivity index (χ1n) is 9.05. The third kappa shape index (κ3) is 3.14. The van der Waals surface area contributed by atoms with Crippen molar-refractivity contribution in [2.24, 2.45) is 11.1 Å². The summed E-state index contributed by atoms with van der Waals surface area (Å²) in [7, 11) is 0. The number of nitrogens with two attached hydrogens (primary N) is 1. The highest BCUT2D eigenvalue weighted by Crippen LogP contribution is 2.47. The minimum atomic E-state index is -0.834. The van der Waals surface area contributed by atoms with E-state index >= 15 is 0 Å². The lowest BCUT2D eigenvalue weighted by molar-refractivity contribution is -0.0283. The molecule has 2 aromatic rings. The fraction of sp³-hybridized carbons (Fsp3) is 0.526. The monoisotopic (exact) mass is 374 g/mol. The predicted molar refractivity (Wildman–Crippen MR) is 101 cm³/mol. The number of aromatic nitrogens is 2. The van der Waals surface area contributed by atoms with Crippen LogP contribution in [-0.2, 0) is 4.74 Å². The van der Waals surface area contributed by atoms with E-state index in [1.807, 2.05) is 20.8 Å². The van der Waals surface area contributed by atoms with Gasteiger partial charge in [0.25, 0.3) is 5.91 Å². The fourth-order valence-corrected chi connectivity index (χ4v) is 3.63. The minimum absolute atomic E-state index is 0.0854. The molecule has 1 aliphatic rings. The molecule has 2 aromatic heterocycles. The topological polar surface area (TPSA) is 119 Å². The number of aliphatic hydroxyl groups is 1. The van der Waals surface area contributed by atoms with E-state index < -0.39 is 22.9 Å². The van der Waals surface area contributed by atoms with Gasteiger partial charge in [-0.3, -0.25) is 4.79 Å². The summed E-state index contributed by atoms with van der Waals surface area (Å²) in [6.07, 6.45) is 4.31. The summed E-state index contributed by atoms with van der Waals surface area (Å²) in [4.78, 5) is 24.0. The van der Waals surface area contributed by atoms with Crippen LogP contribution in [0.2, 0.25) is 0 Å². The lowest BCUT2D eigenvalue weighted by Crippen LogP contribution is -2.45. The van der Waals surface area contributed by atoms with Crippen LogP contribution in [-0.4, -0.2) is 44.8 Å². The van der Waals surface area contributed by atoms with Crippen molar-refractivity contribution in [1.29, 1.82) is 0 Å². The van der Waals surface area contributed by atoms with Gasteiger partial charge in [-0.15, -0.1) is 0 Å². The van der Waals surface area contributed by atoms with Gasteiger partial charge in [0.2, 0.25) is 0 Å². The van der Waals surface area contributed by atoms with Gasteiger partial charge in [0.15, 0.2) is 0 Å². The molecule has 3 rings (SSSR count). The summed E-state index contributed by atoms with van der Waals surface area (Å²) in [6.45, 7) is 7.80. The Bertz CT molecular complexity index is 900. The van der Waals surface area contributed by atoms with Crippen LogP contribution in [0, 0.1) is 5.41 Å². The van der Waals surface area contributed by atoms with Crippen molar-refractivity contribution in [3.8, 4) is 0 Å². The number of hydrogen-bond acceptors (Lipinski definition) is 6. The highest BCUT2D eigenvalue weighted by molar-refractivity contribution is 6.03. The Kier molecular flexibility index (Phi) is 4.63. The number of esters is 1. The Morgan fingerprint density at radius 1 is 1.44 bits per heavy atom. The number of ether oxygens (including phenoxy) is 1. The summed E-state index contributed by atoms with van der Waals surface area (Å²) >= 11 is 0. The van der Waals surface area contributed by atoms with Crippen molar-refractivity contribution in [3.05, 3.63) is 29.6 Å². The standard InChI is InChI=1S/C19H26N4O4/c1-5-27-17(25)11-8-13-15(12(16(20)24)9-21-23(13)10-11)22-14-6-7-19(4,26)18(14,2)3/h8-10,14,22,26H,5-7H2,1-4H3,(H2,20,24)/t14-,19+/m1/s1. The molecule has 8 heteroatoms. The molecule has 2 heterocycles. The summed E-state index contributed by atoms with van der Waals surface area (Å²) < 4.78 is 6.56. The summed E-state index contributed by atoms with van der Waals surface area (Å²) in [6, 6.07) is 1.54. The first-order chi connectivity index (χ1) is 12.6. The second-order valence-corrected chi connectivity index (χ2v) is 7.81. The van der Waals surface area contributed by atoms with Gasteiger partial charge in [-0.25, -0.2) is 9.31 Å². The molecule has 4 N–H and O–H groups in total. The van der Waals surface area contributed by atoms with Gasteiger partial charge in [0, 0.05) is 17.7 Å². The number of fused-ring (bicyclic) bond motifs is 1.